The fourth-order valence-corrected chi connectivity index (χ4v) is 2.21. The van der Waals surface area contributed by atoms with Gasteiger partial charge in [-0.2, -0.15) is 8.78 Å². The fourth-order valence-electron chi connectivity index (χ4n) is 1.91. The maximum absolute atomic E-state index is 12.6. The molecule has 0 unspecified atom stereocenters. The van der Waals surface area contributed by atoms with Crippen LogP contribution in [-0.4, -0.2) is 18.7 Å². The molecule has 118 valence electrons. The van der Waals surface area contributed by atoms with Crippen molar-refractivity contribution in [1.82, 2.24) is 4.98 Å². The molecule has 0 aliphatic carbocycles. The highest BCUT2D eigenvalue weighted by molar-refractivity contribution is 14.1. The van der Waals surface area contributed by atoms with Crippen molar-refractivity contribution in [2.75, 3.05) is 12.4 Å². The Labute approximate surface area is 141 Å². The van der Waals surface area contributed by atoms with Crippen LogP contribution >= 0.6 is 22.6 Å². The lowest BCUT2D eigenvalue weighted by Crippen LogP contribution is -2.09. The third-order valence-electron chi connectivity index (χ3n) is 2.97. The minimum Gasteiger partial charge on any atom is -0.493 e. The Morgan fingerprint density at radius 1 is 1.27 bits per heavy atom. The molecule has 0 aliphatic rings. The normalized spacial score (nSPS) is 10.6. The first kappa shape index (κ1) is 16.7. The molecule has 0 fully saturated rings. The van der Waals surface area contributed by atoms with Crippen LogP contribution in [0.3, 0.4) is 0 Å². The van der Waals surface area contributed by atoms with E-state index >= 15 is 0 Å². The highest BCUT2D eigenvalue weighted by Gasteiger charge is 2.15. The summed E-state index contributed by atoms with van der Waals surface area (Å²) in [5.41, 5.74) is 1.47. The third kappa shape index (κ3) is 4.19. The van der Waals surface area contributed by atoms with Crippen LogP contribution in [0.25, 0.3) is 0 Å². The van der Waals surface area contributed by atoms with Gasteiger partial charge < -0.3 is 14.8 Å². The van der Waals surface area contributed by atoms with Crippen LogP contribution in [-0.2, 0) is 6.54 Å². The maximum Gasteiger partial charge on any atom is 0.387 e. The van der Waals surface area contributed by atoms with E-state index in [9.17, 15) is 8.78 Å². The van der Waals surface area contributed by atoms with E-state index in [0.29, 0.717) is 17.9 Å². The van der Waals surface area contributed by atoms with Crippen LogP contribution in [0.4, 0.5) is 14.6 Å². The second-order valence-electron chi connectivity index (χ2n) is 4.44. The van der Waals surface area contributed by atoms with Gasteiger partial charge in [0.2, 0.25) is 0 Å². The molecule has 1 aromatic carbocycles. The number of nitrogens with one attached hydrogen (secondary N) is 1. The summed E-state index contributed by atoms with van der Waals surface area (Å²) in [6, 6.07) is 8.78. The summed E-state index contributed by atoms with van der Waals surface area (Å²) in [6.45, 7) is -0.704. The fraction of sp³-hybridized carbons (Fsp3) is 0.267. The summed E-state index contributed by atoms with van der Waals surface area (Å²) in [4.78, 5) is 4.38. The molecule has 0 spiro atoms. The van der Waals surface area contributed by atoms with Gasteiger partial charge in [-0.3, -0.25) is 0 Å². The molecule has 4 nitrogen and oxygen atoms in total. The van der Waals surface area contributed by atoms with Gasteiger partial charge in [0.25, 0.3) is 0 Å². The summed E-state index contributed by atoms with van der Waals surface area (Å²) in [7, 11) is 1.41. The van der Waals surface area contributed by atoms with Crippen molar-refractivity contribution in [2.24, 2.45) is 0 Å². The summed E-state index contributed by atoms with van der Waals surface area (Å²) in [6.07, 6.45) is 0. The largest absolute Gasteiger partial charge is 0.493 e. The van der Waals surface area contributed by atoms with E-state index in [0.717, 1.165) is 9.26 Å². The van der Waals surface area contributed by atoms with Crippen molar-refractivity contribution in [3.63, 3.8) is 0 Å². The number of benzene rings is 1. The Balaban J connectivity index is 2.19. The summed E-state index contributed by atoms with van der Waals surface area (Å²) in [5, 5.41) is 3.10. The van der Waals surface area contributed by atoms with Crippen LogP contribution in [0.2, 0.25) is 0 Å². The monoisotopic (exact) mass is 420 g/mol. The zero-order valence-corrected chi connectivity index (χ0v) is 14.2. The molecular formula is C15H15F2IN2O2. The average Bonchev–Trinajstić information content (AvgIpc) is 2.49. The lowest BCUT2D eigenvalue weighted by atomic mass is 10.2. The van der Waals surface area contributed by atoms with Gasteiger partial charge in [-0.05, 0) is 47.7 Å². The van der Waals surface area contributed by atoms with Gasteiger partial charge >= 0.3 is 6.61 Å². The van der Waals surface area contributed by atoms with Crippen LogP contribution in [0.5, 0.6) is 11.5 Å². The topological polar surface area (TPSA) is 43.4 Å². The van der Waals surface area contributed by atoms with Gasteiger partial charge in [-0.1, -0.05) is 12.1 Å². The van der Waals surface area contributed by atoms with E-state index in [1.807, 2.05) is 19.1 Å². The number of halogens is 3. The zero-order chi connectivity index (χ0) is 16.1. The second kappa shape index (κ2) is 7.57. The SMILES string of the molecule is COc1cccc(CNc2ccc(I)c(C)n2)c1OC(F)F. The number of para-hydroxylation sites is 1. The molecule has 0 bridgehead atoms. The van der Waals surface area contributed by atoms with Gasteiger partial charge in [-0.25, -0.2) is 4.98 Å². The molecule has 0 saturated heterocycles. The smallest absolute Gasteiger partial charge is 0.387 e. The first-order valence-corrected chi connectivity index (χ1v) is 7.57. The molecule has 1 aromatic heterocycles. The lowest BCUT2D eigenvalue weighted by Gasteiger charge is -2.15. The molecule has 0 atom stereocenters. The minimum absolute atomic E-state index is 0.0368. The molecule has 0 aliphatic heterocycles. The van der Waals surface area contributed by atoms with Crippen molar-refractivity contribution in [3.8, 4) is 11.5 Å². The molecule has 2 aromatic rings. The molecule has 22 heavy (non-hydrogen) atoms. The van der Waals surface area contributed by atoms with E-state index in [-0.39, 0.29) is 11.5 Å². The maximum atomic E-state index is 12.6. The number of alkyl halides is 2. The lowest BCUT2D eigenvalue weighted by molar-refractivity contribution is -0.0517. The third-order valence-corrected chi connectivity index (χ3v) is 4.11. The molecule has 0 saturated carbocycles. The number of rotatable bonds is 6. The number of ether oxygens (including phenoxy) is 2. The van der Waals surface area contributed by atoms with Crippen molar-refractivity contribution >= 4 is 28.4 Å². The molecule has 0 amide bonds. The summed E-state index contributed by atoms with van der Waals surface area (Å²) >= 11 is 2.20. The molecule has 1 heterocycles. The Bertz CT molecular complexity index is 653. The number of methoxy groups -OCH3 is 1. The quantitative estimate of drug-likeness (QED) is 0.712. The number of aryl methyl sites for hydroxylation is 1. The van der Waals surface area contributed by atoms with E-state index in [1.165, 1.54) is 7.11 Å². The number of pyridine rings is 1. The van der Waals surface area contributed by atoms with Crippen molar-refractivity contribution < 1.29 is 18.3 Å². The van der Waals surface area contributed by atoms with Crippen LogP contribution in [0.15, 0.2) is 30.3 Å². The predicted octanol–water partition coefficient (Wildman–Crippen LogP) is 4.22. The number of nitrogens with zero attached hydrogens (tertiary/aromatic N) is 1. The molecule has 0 radical (unpaired) electrons. The van der Waals surface area contributed by atoms with E-state index in [1.54, 1.807) is 18.2 Å². The minimum atomic E-state index is -2.91. The molecule has 7 heteroatoms. The van der Waals surface area contributed by atoms with Crippen LogP contribution < -0.4 is 14.8 Å². The van der Waals surface area contributed by atoms with Crippen molar-refractivity contribution in [3.05, 3.63) is 45.2 Å². The number of anilines is 1. The van der Waals surface area contributed by atoms with Crippen LogP contribution in [0.1, 0.15) is 11.3 Å². The van der Waals surface area contributed by atoms with Gasteiger partial charge in [0.1, 0.15) is 5.82 Å². The number of hydrogen-bond donors (Lipinski definition) is 1. The van der Waals surface area contributed by atoms with E-state index in [2.05, 4.69) is 37.6 Å². The molecule has 1 N–H and O–H groups in total. The van der Waals surface area contributed by atoms with Gasteiger partial charge in [-0.15, -0.1) is 0 Å². The van der Waals surface area contributed by atoms with Gasteiger partial charge in [0, 0.05) is 15.7 Å². The number of aromatic nitrogens is 1. The Hall–Kier alpha value is -1.64. The molecular weight excluding hydrogens is 405 g/mol. The standard InChI is InChI=1S/C15H15F2IN2O2/c1-9-11(18)6-7-13(20-9)19-8-10-4-3-5-12(21-2)14(10)22-15(16)17/h3-7,15H,8H2,1-2H3,(H,19,20). The van der Waals surface area contributed by atoms with Crippen molar-refractivity contribution in [1.29, 1.82) is 0 Å². The number of hydrogen-bond acceptors (Lipinski definition) is 4. The predicted molar refractivity (Wildman–Crippen MR) is 88.6 cm³/mol. The Kier molecular flexibility index (Phi) is 5.76. The van der Waals surface area contributed by atoms with E-state index in [4.69, 9.17) is 4.74 Å². The second-order valence-corrected chi connectivity index (χ2v) is 5.61. The van der Waals surface area contributed by atoms with Gasteiger partial charge in [0.15, 0.2) is 11.5 Å². The molecule has 2 rings (SSSR count). The highest BCUT2D eigenvalue weighted by Crippen LogP contribution is 2.32. The summed E-state index contributed by atoms with van der Waals surface area (Å²) in [5.74, 6) is 0.977. The van der Waals surface area contributed by atoms with E-state index < -0.39 is 6.61 Å². The Morgan fingerprint density at radius 3 is 2.68 bits per heavy atom. The Morgan fingerprint density at radius 2 is 2.05 bits per heavy atom. The summed E-state index contributed by atoms with van der Waals surface area (Å²) < 4.78 is 35.8. The average molecular weight is 420 g/mol. The first-order chi connectivity index (χ1) is 10.5. The van der Waals surface area contributed by atoms with Gasteiger partial charge in [0.05, 0.1) is 12.8 Å². The van der Waals surface area contributed by atoms with Crippen molar-refractivity contribution in [2.45, 2.75) is 20.1 Å². The van der Waals surface area contributed by atoms with Crippen LogP contribution in [0, 0.1) is 10.5 Å². The zero-order valence-electron chi connectivity index (χ0n) is 12.1. The first-order valence-electron chi connectivity index (χ1n) is 6.49. The highest BCUT2D eigenvalue weighted by atomic mass is 127.